The third-order valence-electron chi connectivity index (χ3n) is 7.58. The molecule has 0 aliphatic carbocycles. The van der Waals surface area contributed by atoms with Gasteiger partial charge in [-0.05, 0) is 32.2 Å². The minimum atomic E-state index is -0.746. The monoisotopic (exact) mass is 432 g/mol. The maximum Gasteiger partial charge on any atom is 0.227 e. The number of fused-ring (bicyclic) bond motifs is 1. The third-order valence-corrected chi connectivity index (χ3v) is 7.58. The molecule has 0 aromatic carbocycles. The fourth-order valence-corrected chi connectivity index (χ4v) is 5.86. The highest BCUT2D eigenvalue weighted by Gasteiger charge is 2.56. The highest BCUT2D eigenvalue weighted by molar-refractivity contribution is 5.81. The first-order valence-electron chi connectivity index (χ1n) is 11.8. The number of hydrogen-bond acceptors (Lipinski definition) is 7. The Morgan fingerprint density at radius 3 is 2.84 bits per heavy atom. The van der Waals surface area contributed by atoms with Crippen molar-refractivity contribution in [1.29, 1.82) is 5.26 Å². The number of nitrogens with zero attached hydrogens (tertiary/aromatic N) is 2. The Morgan fingerprint density at radius 1 is 1.45 bits per heavy atom. The van der Waals surface area contributed by atoms with Crippen molar-refractivity contribution >= 4 is 5.91 Å². The molecule has 174 valence electrons. The molecule has 2 saturated heterocycles. The van der Waals surface area contributed by atoms with Crippen LogP contribution in [0.4, 0.5) is 0 Å². The van der Waals surface area contributed by atoms with Crippen LogP contribution in [0.25, 0.3) is 0 Å². The molecular weight excluding hydrogens is 392 g/mol. The Balaban J connectivity index is 1.77. The van der Waals surface area contributed by atoms with E-state index < -0.39 is 12.1 Å². The van der Waals surface area contributed by atoms with E-state index in [-0.39, 0.29) is 41.5 Å². The lowest BCUT2D eigenvalue weighted by atomic mass is 9.66. The summed E-state index contributed by atoms with van der Waals surface area (Å²) in [5.41, 5.74) is 12.3. The number of carbonyl (C=O) groups is 1. The number of carbonyl (C=O) groups excluding carboxylic acids is 1. The largest absolute Gasteiger partial charge is 0.379 e. The summed E-state index contributed by atoms with van der Waals surface area (Å²) in [5, 5.41) is 16.1. The number of ether oxygens (including phenoxy) is 1. The Kier molecular flexibility index (Phi) is 8.11. The van der Waals surface area contributed by atoms with Crippen LogP contribution in [0.15, 0.2) is 12.2 Å². The molecule has 3 heterocycles. The first-order chi connectivity index (χ1) is 14.9. The van der Waals surface area contributed by atoms with Crippen LogP contribution in [0.5, 0.6) is 0 Å². The molecule has 3 aliphatic heterocycles. The second-order valence-corrected chi connectivity index (χ2v) is 9.43. The molecule has 31 heavy (non-hydrogen) atoms. The topological polar surface area (TPSA) is 129 Å². The summed E-state index contributed by atoms with van der Waals surface area (Å²) in [6, 6.07) is 2.34. The minimum absolute atomic E-state index is 0.0105. The summed E-state index contributed by atoms with van der Waals surface area (Å²) in [5.74, 6) is -0.453. The fourth-order valence-electron chi connectivity index (χ4n) is 5.86. The molecule has 0 aromatic heterocycles. The van der Waals surface area contributed by atoms with Gasteiger partial charge in [0.15, 0.2) is 0 Å². The lowest BCUT2D eigenvalue weighted by Gasteiger charge is -2.62. The van der Waals surface area contributed by atoms with Gasteiger partial charge in [0.1, 0.15) is 0 Å². The number of amides is 1. The van der Waals surface area contributed by atoms with Gasteiger partial charge in [-0.1, -0.05) is 32.4 Å². The maximum absolute atomic E-state index is 13.4. The van der Waals surface area contributed by atoms with Crippen LogP contribution in [0, 0.1) is 29.1 Å². The van der Waals surface area contributed by atoms with Crippen LogP contribution in [0.2, 0.25) is 0 Å². The van der Waals surface area contributed by atoms with Gasteiger partial charge in [0.05, 0.1) is 36.2 Å². The number of nitrogens with one attached hydrogen (secondary N) is 2. The van der Waals surface area contributed by atoms with Gasteiger partial charge in [-0.3, -0.25) is 9.69 Å². The Bertz CT molecular complexity index is 692. The van der Waals surface area contributed by atoms with E-state index >= 15 is 0 Å². The van der Waals surface area contributed by atoms with E-state index in [4.69, 9.17) is 16.2 Å². The lowest BCUT2D eigenvalue weighted by Crippen LogP contribution is -2.73. The zero-order valence-corrected chi connectivity index (χ0v) is 19.2. The zero-order valence-electron chi connectivity index (χ0n) is 19.2. The molecule has 8 nitrogen and oxygen atoms in total. The van der Waals surface area contributed by atoms with E-state index in [0.29, 0.717) is 6.54 Å². The highest BCUT2D eigenvalue weighted by Crippen LogP contribution is 2.48. The Labute approximate surface area is 186 Å². The first-order valence-corrected chi connectivity index (χ1v) is 11.8. The molecule has 8 heteroatoms. The van der Waals surface area contributed by atoms with E-state index in [0.717, 1.165) is 45.2 Å². The minimum Gasteiger partial charge on any atom is -0.379 e. The number of rotatable bonds is 9. The van der Waals surface area contributed by atoms with Crippen molar-refractivity contribution < 1.29 is 9.53 Å². The summed E-state index contributed by atoms with van der Waals surface area (Å²) >= 11 is 0. The van der Waals surface area contributed by atoms with E-state index in [1.807, 2.05) is 0 Å². The predicted octanol–water partition coefficient (Wildman–Crippen LogP) is 0.688. The molecule has 0 aromatic rings. The molecule has 0 spiro atoms. The van der Waals surface area contributed by atoms with Crippen molar-refractivity contribution in [3.63, 3.8) is 0 Å². The SMILES string of the molecule is CCCC12C=CC(C(C#N)CC)CN1C(C(C(=O)NC1CNCCC1OC)C(N)N)C2. The van der Waals surface area contributed by atoms with Gasteiger partial charge >= 0.3 is 0 Å². The normalized spacial score (nSPS) is 35.0. The zero-order chi connectivity index (χ0) is 22.6. The van der Waals surface area contributed by atoms with Crippen LogP contribution in [0.3, 0.4) is 0 Å². The summed E-state index contributed by atoms with van der Waals surface area (Å²) in [7, 11) is 1.69. The molecule has 7 unspecified atom stereocenters. The molecule has 7 atom stereocenters. The average Bonchev–Trinajstić information content (AvgIpc) is 2.74. The summed E-state index contributed by atoms with van der Waals surface area (Å²) in [4.78, 5) is 15.8. The van der Waals surface area contributed by atoms with Gasteiger partial charge in [0.25, 0.3) is 0 Å². The van der Waals surface area contributed by atoms with Crippen LogP contribution in [-0.2, 0) is 9.53 Å². The van der Waals surface area contributed by atoms with Crippen molar-refractivity contribution in [3.8, 4) is 6.07 Å². The quantitative estimate of drug-likeness (QED) is 0.311. The number of methoxy groups -OCH3 is 1. The van der Waals surface area contributed by atoms with Gasteiger partial charge < -0.3 is 26.8 Å². The molecule has 1 amide bonds. The number of nitriles is 1. The van der Waals surface area contributed by atoms with E-state index in [9.17, 15) is 10.1 Å². The Morgan fingerprint density at radius 2 is 2.23 bits per heavy atom. The fraction of sp³-hybridized carbons (Fsp3) is 0.826. The average molecular weight is 433 g/mol. The lowest BCUT2D eigenvalue weighted by molar-refractivity contribution is -0.142. The van der Waals surface area contributed by atoms with Crippen molar-refractivity contribution in [1.82, 2.24) is 15.5 Å². The van der Waals surface area contributed by atoms with E-state index in [1.165, 1.54) is 0 Å². The molecule has 3 rings (SSSR count). The van der Waals surface area contributed by atoms with Gasteiger partial charge in [-0.25, -0.2) is 0 Å². The van der Waals surface area contributed by atoms with Gasteiger partial charge in [-0.2, -0.15) is 5.26 Å². The predicted molar refractivity (Wildman–Crippen MR) is 121 cm³/mol. The van der Waals surface area contributed by atoms with Crippen molar-refractivity contribution in [2.75, 3.05) is 26.7 Å². The van der Waals surface area contributed by atoms with Crippen LogP contribution in [0.1, 0.15) is 46.0 Å². The number of hydrogen-bond donors (Lipinski definition) is 4. The standard InChI is InChI=1S/C23H40N6O2/c1-4-8-23-9-6-16(15(5-2)12-24)14-29(23)18(11-23)20(21(25)26)22(30)28-17-13-27-10-7-19(17)31-3/h6,9,15-21,27H,4-5,7-8,10-11,13-14,25-26H2,1-3H3,(H,28,30). The number of piperidine rings is 1. The molecule has 0 radical (unpaired) electrons. The molecule has 2 fully saturated rings. The van der Waals surface area contributed by atoms with Gasteiger partial charge in [0.2, 0.25) is 5.91 Å². The van der Waals surface area contributed by atoms with E-state index in [1.54, 1.807) is 7.11 Å². The molecule has 0 bridgehead atoms. The van der Waals surface area contributed by atoms with Gasteiger partial charge in [0, 0.05) is 37.7 Å². The first kappa shape index (κ1) is 24.1. The smallest absolute Gasteiger partial charge is 0.227 e. The second-order valence-electron chi connectivity index (χ2n) is 9.43. The third kappa shape index (κ3) is 4.81. The molecule has 0 saturated carbocycles. The summed E-state index contributed by atoms with van der Waals surface area (Å²) < 4.78 is 5.58. The second kappa shape index (κ2) is 10.4. The summed E-state index contributed by atoms with van der Waals surface area (Å²) in [6.45, 7) is 6.57. The summed E-state index contributed by atoms with van der Waals surface area (Å²) in [6.07, 6.45) is 8.39. The van der Waals surface area contributed by atoms with Crippen LogP contribution >= 0.6 is 0 Å². The van der Waals surface area contributed by atoms with Crippen LogP contribution in [-0.4, -0.2) is 67.4 Å². The molecule has 6 N–H and O–H groups in total. The van der Waals surface area contributed by atoms with Crippen molar-refractivity contribution in [2.24, 2.45) is 29.2 Å². The van der Waals surface area contributed by atoms with Crippen molar-refractivity contribution in [3.05, 3.63) is 12.2 Å². The highest BCUT2D eigenvalue weighted by atomic mass is 16.5. The molecular formula is C23H40N6O2. The van der Waals surface area contributed by atoms with Gasteiger partial charge in [-0.15, -0.1) is 0 Å². The van der Waals surface area contributed by atoms with E-state index in [2.05, 4.69) is 47.6 Å². The maximum atomic E-state index is 13.4. The van der Waals surface area contributed by atoms with Crippen molar-refractivity contribution in [2.45, 2.75) is 75.8 Å². The Hall–Kier alpha value is -1.50. The van der Waals surface area contributed by atoms with Crippen LogP contribution < -0.4 is 22.1 Å². The number of nitrogens with two attached hydrogens (primary N) is 2. The molecule has 3 aliphatic rings.